The van der Waals surface area contributed by atoms with Crippen molar-refractivity contribution < 1.29 is 24.2 Å². The average Bonchev–Trinajstić information content (AvgIpc) is 3.47. The quantitative estimate of drug-likeness (QED) is 0.168. The number of hydrogen-bond donors (Lipinski definition) is 1. The number of carbonyl (C=O) groups is 2. The summed E-state index contributed by atoms with van der Waals surface area (Å²) < 4.78 is 11.9. The van der Waals surface area contributed by atoms with Crippen LogP contribution in [0.15, 0.2) is 109 Å². The minimum absolute atomic E-state index is 0.0447. The Hall–Kier alpha value is -4.84. The molecule has 0 radical (unpaired) electrons. The highest BCUT2D eigenvalue weighted by molar-refractivity contribution is 6.46. The van der Waals surface area contributed by atoms with Crippen molar-refractivity contribution in [3.05, 3.63) is 131 Å². The molecule has 0 aliphatic carbocycles. The van der Waals surface area contributed by atoms with Crippen LogP contribution >= 0.6 is 0 Å². The maximum absolute atomic E-state index is 13.5. The molecule has 2 aliphatic rings. The molecule has 0 bridgehead atoms. The summed E-state index contributed by atoms with van der Waals surface area (Å²) >= 11 is 0. The standard InChI is InChI=1S/C34H29NO5/c1-22-19-26-20-25(15-16-29(26)39-22)32(36)30-31(24-11-8-14-28(21-24)40-27-12-6-3-7-13-27)35(34(38)33(30)37)18-17-23-9-4-2-5-10-23/h2-16,20-22,31,36H,17-19H2,1H3/b32-30+/t22-,31+/m0/s1. The molecule has 200 valence electrons. The topological polar surface area (TPSA) is 76.1 Å². The normalized spacial score (nSPS) is 19.4. The Morgan fingerprint density at radius 1 is 0.900 bits per heavy atom. The van der Waals surface area contributed by atoms with Gasteiger partial charge < -0.3 is 19.5 Å². The van der Waals surface area contributed by atoms with E-state index in [4.69, 9.17) is 9.47 Å². The van der Waals surface area contributed by atoms with Gasteiger partial charge in [-0.05, 0) is 72.5 Å². The number of fused-ring (bicyclic) bond motifs is 1. The highest BCUT2D eigenvalue weighted by Gasteiger charge is 2.46. The first-order valence-electron chi connectivity index (χ1n) is 13.4. The fourth-order valence-electron chi connectivity index (χ4n) is 5.45. The molecule has 1 fully saturated rings. The number of nitrogens with zero attached hydrogens (tertiary/aromatic N) is 1. The number of para-hydroxylation sites is 1. The second-order valence-corrected chi connectivity index (χ2v) is 10.2. The fourth-order valence-corrected chi connectivity index (χ4v) is 5.45. The highest BCUT2D eigenvalue weighted by Crippen LogP contribution is 2.41. The summed E-state index contributed by atoms with van der Waals surface area (Å²) in [5.41, 5.74) is 3.25. The summed E-state index contributed by atoms with van der Waals surface area (Å²) in [6.45, 7) is 2.30. The number of ether oxygens (including phenoxy) is 2. The molecule has 4 aromatic carbocycles. The van der Waals surface area contributed by atoms with Gasteiger partial charge in [-0.15, -0.1) is 0 Å². The number of Topliss-reactive ketones (excluding diaryl/α,β-unsaturated/α-hetero) is 1. The third kappa shape index (κ3) is 4.96. The molecule has 1 amide bonds. The summed E-state index contributed by atoms with van der Waals surface area (Å²) in [7, 11) is 0. The van der Waals surface area contributed by atoms with E-state index in [-0.39, 0.29) is 17.4 Å². The molecule has 0 aromatic heterocycles. The Labute approximate surface area is 233 Å². The van der Waals surface area contributed by atoms with Crippen LogP contribution in [-0.4, -0.2) is 34.3 Å². The monoisotopic (exact) mass is 531 g/mol. The van der Waals surface area contributed by atoms with Gasteiger partial charge in [0.05, 0.1) is 11.6 Å². The number of rotatable bonds is 7. The number of benzene rings is 4. The van der Waals surface area contributed by atoms with Crippen molar-refractivity contribution in [3.63, 3.8) is 0 Å². The van der Waals surface area contributed by atoms with Crippen LogP contribution in [0.25, 0.3) is 5.76 Å². The van der Waals surface area contributed by atoms with Crippen LogP contribution < -0.4 is 9.47 Å². The Bertz CT molecular complexity index is 1600. The van der Waals surface area contributed by atoms with Gasteiger partial charge in [0.1, 0.15) is 29.1 Å². The molecule has 4 aromatic rings. The van der Waals surface area contributed by atoms with Gasteiger partial charge >= 0.3 is 0 Å². The molecule has 0 spiro atoms. The van der Waals surface area contributed by atoms with Crippen molar-refractivity contribution in [1.82, 2.24) is 4.90 Å². The van der Waals surface area contributed by atoms with Crippen LogP contribution in [0.5, 0.6) is 17.2 Å². The van der Waals surface area contributed by atoms with Gasteiger partial charge in [0, 0.05) is 18.5 Å². The smallest absolute Gasteiger partial charge is 0.295 e. The first-order valence-corrected chi connectivity index (χ1v) is 13.4. The Morgan fingerprint density at radius 2 is 1.62 bits per heavy atom. The first-order chi connectivity index (χ1) is 19.5. The number of aliphatic hydroxyl groups is 1. The molecule has 2 atom stereocenters. The molecular formula is C34H29NO5. The van der Waals surface area contributed by atoms with Crippen LogP contribution in [0.2, 0.25) is 0 Å². The second-order valence-electron chi connectivity index (χ2n) is 10.2. The summed E-state index contributed by atoms with van der Waals surface area (Å²) in [5, 5.41) is 11.6. The van der Waals surface area contributed by atoms with Gasteiger partial charge in [-0.1, -0.05) is 60.7 Å². The van der Waals surface area contributed by atoms with Crippen LogP contribution in [-0.2, 0) is 22.4 Å². The number of aliphatic hydroxyl groups excluding tert-OH is 1. The summed E-state index contributed by atoms with van der Waals surface area (Å²) in [6, 6.07) is 31.2. The van der Waals surface area contributed by atoms with Gasteiger partial charge in [-0.3, -0.25) is 9.59 Å². The van der Waals surface area contributed by atoms with Crippen molar-refractivity contribution in [2.75, 3.05) is 6.54 Å². The maximum Gasteiger partial charge on any atom is 0.295 e. The predicted molar refractivity (Wildman–Crippen MR) is 152 cm³/mol. The molecule has 6 rings (SSSR count). The fraction of sp³-hybridized carbons (Fsp3) is 0.176. The molecule has 6 heteroatoms. The molecule has 2 aliphatic heterocycles. The van der Waals surface area contributed by atoms with E-state index >= 15 is 0 Å². The SMILES string of the molecule is C[C@H]1Cc2cc(/C(O)=C3\C(=O)C(=O)N(CCc4ccccc4)[C@@H]3c3cccc(Oc4ccccc4)c3)ccc2O1. The number of amides is 1. The zero-order valence-electron chi connectivity index (χ0n) is 22.1. The molecule has 1 saturated heterocycles. The maximum atomic E-state index is 13.5. The lowest BCUT2D eigenvalue weighted by molar-refractivity contribution is -0.139. The molecule has 0 saturated carbocycles. The van der Waals surface area contributed by atoms with E-state index in [1.165, 1.54) is 0 Å². The van der Waals surface area contributed by atoms with E-state index in [2.05, 4.69) is 0 Å². The molecule has 0 unspecified atom stereocenters. The Balaban J connectivity index is 1.41. The van der Waals surface area contributed by atoms with E-state index in [9.17, 15) is 14.7 Å². The molecule has 1 N–H and O–H groups in total. The van der Waals surface area contributed by atoms with Gasteiger partial charge in [0.15, 0.2) is 0 Å². The van der Waals surface area contributed by atoms with Crippen molar-refractivity contribution in [1.29, 1.82) is 0 Å². The van der Waals surface area contributed by atoms with Gasteiger partial charge in [-0.2, -0.15) is 0 Å². The van der Waals surface area contributed by atoms with Crippen LogP contribution in [0.3, 0.4) is 0 Å². The van der Waals surface area contributed by atoms with Crippen LogP contribution in [0.4, 0.5) is 0 Å². The predicted octanol–water partition coefficient (Wildman–Crippen LogP) is 6.47. The zero-order chi connectivity index (χ0) is 27.6. The van der Waals surface area contributed by atoms with Crippen LogP contribution in [0.1, 0.15) is 35.2 Å². The third-order valence-electron chi connectivity index (χ3n) is 7.35. The minimum Gasteiger partial charge on any atom is -0.507 e. The van der Waals surface area contributed by atoms with E-state index in [1.807, 2.05) is 104 Å². The molecule has 40 heavy (non-hydrogen) atoms. The number of likely N-dealkylation sites (tertiary alicyclic amines) is 1. The van der Waals surface area contributed by atoms with Crippen molar-refractivity contribution in [2.45, 2.75) is 31.9 Å². The van der Waals surface area contributed by atoms with Crippen molar-refractivity contribution in [3.8, 4) is 17.2 Å². The zero-order valence-corrected chi connectivity index (χ0v) is 22.1. The van der Waals surface area contributed by atoms with E-state index in [0.717, 1.165) is 16.9 Å². The lowest BCUT2D eigenvalue weighted by Gasteiger charge is -2.26. The molecular weight excluding hydrogens is 502 g/mol. The second kappa shape index (κ2) is 10.7. The van der Waals surface area contributed by atoms with Crippen molar-refractivity contribution >= 4 is 17.4 Å². The van der Waals surface area contributed by atoms with E-state index in [1.54, 1.807) is 11.0 Å². The van der Waals surface area contributed by atoms with E-state index < -0.39 is 17.7 Å². The van der Waals surface area contributed by atoms with Crippen molar-refractivity contribution in [2.24, 2.45) is 0 Å². The molecule has 2 heterocycles. The Kier molecular flexibility index (Phi) is 6.83. The lowest BCUT2D eigenvalue weighted by atomic mass is 9.94. The Morgan fingerprint density at radius 3 is 2.40 bits per heavy atom. The molecule has 6 nitrogen and oxygen atoms in total. The summed E-state index contributed by atoms with van der Waals surface area (Å²) in [5.74, 6) is 0.496. The van der Waals surface area contributed by atoms with E-state index in [0.29, 0.717) is 42.0 Å². The van der Waals surface area contributed by atoms with Gasteiger partial charge in [-0.25, -0.2) is 0 Å². The average molecular weight is 532 g/mol. The van der Waals surface area contributed by atoms with Gasteiger partial charge in [0.2, 0.25) is 0 Å². The largest absolute Gasteiger partial charge is 0.507 e. The minimum atomic E-state index is -0.772. The lowest BCUT2D eigenvalue weighted by Crippen LogP contribution is -2.31. The number of hydrogen-bond acceptors (Lipinski definition) is 5. The van der Waals surface area contributed by atoms with Gasteiger partial charge in [0.25, 0.3) is 11.7 Å². The number of ketones is 1. The summed E-state index contributed by atoms with van der Waals surface area (Å²) in [4.78, 5) is 28.5. The third-order valence-corrected chi connectivity index (χ3v) is 7.35. The first kappa shape index (κ1) is 25.4. The van der Waals surface area contributed by atoms with Crippen LogP contribution in [0, 0.1) is 0 Å². The summed E-state index contributed by atoms with van der Waals surface area (Å²) in [6.07, 6.45) is 1.33. The highest BCUT2D eigenvalue weighted by atomic mass is 16.5. The number of carbonyl (C=O) groups excluding carboxylic acids is 2.